The van der Waals surface area contributed by atoms with E-state index in [0.29, 0.717) is 23.9 Å². The van der Waals surface area contributed by atoms with Gasteiger partial charge in [0.15, 0.2) is 5.75 Å². The lowest BCUT2D eigenvalue weighted by molar-refractivity contribution is 0.232. The molecule has 0 aliphatic heterocycles. The number of ether oxygens (including phenoxy) is 1. The van der Waals surface area contributed by atoms with Crippen LogP contribution in [-0.2, 0) is 16.9 Å². The van der Waals surface area contributed by atoms with Crippen molar-refractivity contribution in [3.63, 3.8) is 0 Å². The first-order valence-electron chi connectivity index (χ1n) is 7.70. The SMILES string of the molecule is Cc1c(OCCCO)ccnc1C[S+]([O-])c1nc2ccccc2[nH]1. The molecule has 0 amide bonds. The lowest BCUT2D eigenvalue weighted by Crippen LogP contribution is -2.10. The fraction of sp³-hybridized carbons (Fsp3) is 0.294. The number of aliphatic hydroxyl groups is 1. The van der Waals surface area contributed by atoms with Gasteiger partial charge in [0.05, 0.1) is 23.3 Å². The van der Waals surface area contributed by atoms with Gasteiger partial charge in [-0.25, -0.2) is 0 Å². The zero-order chi connectivity index (χ0) is 16.9. The number of aromatic amines is 1. The largest absolute Gasteiger partial charge is 0.609 e. The van der Waals surface area contributed by atoms with Crippen LogP contribution in [0.2, 0.25) is 0 Å². The average Bonchev–Trinajstić information content (AvgIpc) is 3.02. The highest BCUT2D eigenvalue weighted by Crippen LogP contribution is 2.23. The Bertz CT molecular complexity index is 789. The van der Waals surface area contributed by atoms with Gasteiger partial charge in [0, 0.05) is 36.0 Å². The second-order valence-electron chi connectivity index (χ2n) is 5.36. The highest BCUT2D eigenvalue weighted by Gasteiger charge is 2.20. The summed E-state index contributed by atoms with van der Waals surface area (Å²) in [6, 6.07) is 9.37. The average molecular weight is 345 g/mol. The van der Waals surface area contributed by atoms with Crippen molar-refractivity contribution in [3.8, 4) is 5.75 Å². The second-order valence-corrected chi connectivity index (χ2v) is 6.72. The van der Waals surface area contributed by atoms with Gasteiger partial charge < -0.3 is 14.4 Å². The minimum atomic E-state index is -1.32. The highest BCUT2D eigenvalue weighted by molar-refractivity contribution is 7.90. The molecule has 0 spiro atoms. The highest BCUT2D eigenvalue weighted by atomic mass is 32.2. The van der Waals surface area contributed by atoms with Crippen LogP contribution in [0.4, 0.5) is 0 Å². The summed E-state index contributed by atoms with van der Waals surface area (Å²) in [5.74, 6) is 0.970. The molecule has 2 heterocycles. The van der Waals surface area contributed by atoms with Gasteiger partial charge in [0.1, 0.15) is 5.75 Å². The van der Waals surface area contributed by atoms with E-state index >= 15 is 0 Å². The van der Waals surface area contributed by atoms with Crippen molar-refractivity contribution in [2.75, 3.05) is 13.2 Å². The molecule has 6 nitrogen and oxygen atoms in total. The summed E-state index contributed by atoms with van der Waals surface area (Å²) in [5, 5.41) is 9.28. The minimum Gasteiger partial charge on any atom is -0.609 e. The number of para-hydroxylation sites is 2. The number of rotatable bonds is 7. The first-order valence-corrected chi connectivity index (χ1v) is 9.02. The van der Waals surface area contributed by atoms with Crippen molar-refractivity contribution in [1.82, 2.24) is 15.0 Å². The Morgan fingerprint density at radius 3 is 2.92 bits per heavy atom. The van der Waals surface area contributed by atoms with E-state index in [2.05, 4.69) is 15.0 Å². The monoisotopic (exact) mass is 345 g/mol. The van der Waals surface area contributed by atoms with Crippen molar-refractivity contribution in [1.29, 1.82) is 0 Å². The minimum absolute atomic E-state index is 0.0903. The lowest BCUT2D eigenvalue weighted by Gasteiger charge is -2.12. The van der Waals surface area contributed by atoms with E-state index in [1.807, 2.05) is 31.2 Å². The summed E-state index contributed by atoms with van der Waals surface area (Å²) in [7, 11) is 0. The zero-order valence-electron chi connectivity index (χ0n) is 13.4. The summed E-state index contributed by atoms with van der Waals surface area (Å²) in [6.07, 6.45) is 2.22. The van der Waals surface area contributed by atoms with E-state index in [0.717, 1.165) is 22.3 Å². The van der Waals surface area contributed by atoms with Crippen LogP contribution in [0.25, 0.3) is 11.0 Å². The van der Waals surface area contributed by atoms with Crippen molar-refractivity contribution in [2.24, 2.45) is 0 Å². The molecule has 2 N–H and O–H groups in total. The van der Waals surface area contributed by atoms with Gasteiger partial charge in [0.25, 0.3) is 0 Å². The second kappa shape index (κ2) is 7.65. The van der Waals surface area contributed by atoms with Crippen LogP contribution in [0.3, 0.4) is 0 Å². The number of nitrogens with zero attached hydrogens (tertiary/aromatic N) is 2. The number of fused-ring (bicyclic) bond motifs is 1. The Balaban J connectivity index is 1.76. The number of aliphatic hydroxyl groups excluding tert-OH is 1. The van der Waals surface area contributed by atoms with Crippen molar-refractivity contribution in [3.05, 3.63) is 47.8 Å². The Hall–Kier alpha value is -2.09. The predicted octanol–water partition coefficient (Wildman–Crippen LogP) is 2.34. The Kier molecular flexibility index (Phi) is 5.34. The Labute approximate surface area is 143 Å². The first-order chi connectivity index (χ1) is 11.7. The van der Waals surface area contributed by atoms with E-state index in [-0.39, 0.29) is 12.4 Å². The number of imidazole rings is 1. The van der Waals surface area contributed by atoms with Crippen LogP contribution >= 0.6 is 0 Å². The van der Waals surface area contributed by atoms with E-state index in [4.69, 9.17) is 9.84 Å². The molecular formula is C17H19N3O3S. The number of aromatic nitrogens is 3. The van der Waals surface area contributed by atoms with Gasteiger partial charge in [0.2, 0.25) is 0 Å². The molecule has 1 aromatic carbocycles. The van der Waals surface area contributed by atoms with Gasteiger partial charge >= 0.3 is 5.16 Å². The molecule has 0 fully saturated rings. The van der Waals surface area contributed by atoms with E-state index in [1.165, 1.54) is 0 Å². The lowest BCUT2D eigenvalue weighted by atomic mass is 10.2. The zero-order valence-corrected chi connectivity index (χ0v) is 14.2. The van der Waals surface area contributed by atoms with E-state index < -0.39 is 11.2 Å². The van der Waals surface area contributed by atoms with Crippen LogP contribution in [0.15, 0.2) is 41.7 Å². The van der Waals surface area contributed by atoms with E-state index in [1.54, 1.807) is 12.3 Å². The third kappa shape index (κ3) is 3.69. The molecule has 0 bridgehead atoms. The number of hydrogen-bond donors (Lipinski definition) is 2. The summed E-state index contributed by atoms with van der Waals surface area (Å²) in [6.45, 7) is 2.42. The predicted molar refractivity (Wildman–Crippen MR) is 92.4 cm³/mol. The maximum Gasteiger partial charge on any atom is 0.322 e. The number of H-pyrrole nitrogens is 1. The fourth-order valence-corrected chi connectivity index (χ4v) is 3.44. The molecule has 7 heteroatoms. The molecule has 3 aromatic rings. The van der Waals surface area contributed by atoms with Gasteiger partial charge in [-0.2, -0.15) is 4.98 Å². The van der Waals surface area contributed by atoms with Crippen LogP contribution in [0.1, 0.15) is 17.7 Å². The molecule has 2 aromatic heterocycles. The smallest absolute Gasteiger partial charge is 0.322 e. The Morgan fingerprint density at radius 1 is 1.29 bits per heavy atom. The number of hydrogen-bond acceptors (Lipinski definition) is 5. The summed E-state index contributed by atoms with van der Waals surface area (Å²) >= 11 is -1.32. The molecule has 1 atom stereocenters. The molecule has 24 heavy (non-hydrogen) atoms. The number of nitrogens with one attached hydrogen (secondary N) is 1. The third-order valence-electron chi connectivity index (χ3n) is 3.67. The van der Waals surface area contributed by atoms with Gasteiger partial charge in [-0.15, -0.1) is 0 Å². The molecule has 3 rings (SSSR count). The van der Waals surface area contributed by atoms with Crippen LogP contribution in [-0.4, -0.2) is 37.8 Å². The number of benzene rings is 1. The normalized spacial score (nSPS) is 12.5. The van der Waals surface area contributed by atoms with Gasteiger partial charge in [-0.05, 0) is 25.1 Å². The summed E-state index contributed by atoms with van der Waals surface area (Å²) < 4.78 is 18.2. The maximum atomic E-state index is 12.6. The van der Waals surface area contributed by atoms with Crippen molar-refractivity contribution in [2.45, 2.75) is 24.3 Å². The Morgan fingerprint density at radius 2 is 2.12 bits per heavy atom. The molecule has 1 unspecified atom stereocenters. The van der Waals surface area contributed by atoms with Crippen LogP contribution < -0.4 is 4.74 Å². The fourth-order valence-electron chi connectivity index (χ4n) is 2.34. The third-order valence-corrected chi connectivity index (χ3v) is 4.83. The van der Waals surface area contributed by atoms with Gasteiger partial charge in [-0.1, -0.05) is 12.1 Å². The molecule has 0 radical (unpaired) electrons. The molecule has 126 valence electrons. The molecular weight excluding hydrogens is 326 g/mol. The van der Waals surface area contributed by atoms with Crippen LogP contribution in [0, 0.1) is 6.92 Å². The van der Waals surface area contributed by atoms with Crippen LogP contribution in [0.5, 0.6) is 5.75 Å². The van der Waals surface area contributed by atoms with Crippen molar-refractivity contribution >= 4 is 22.2 Å². The quantitative estimate of drug-likeness (QED) is 0.506. The standard InChI is InChI=1S/C17H19N3O3S/c1-12-15(18-8-7-16(12)23-10-4-9-21)11-24(22)17-19-13-5-2-3-6-14(13)20-17/h2-3,5-8,21H,4,9-11H2,1H3,(H,19,20). The van der Waals surface area contributed by atoms with Gasteiger partial charge in [-0.3, -0.25) is 9.97 Å². The number of pyridine rings is 1. The first kappa shape index (κ1) is 16.8. The molecule has 0 aliphatic rings. The maximum absolute atomic E-state index is 12.6. The summed E-state index contributed by atoms with van der Waals surface area (Å²) in [4.78, 5) is 11.8. The molecule has 0 saturated heterocycles. The van der Waals surface area contributed by atoms with Crippen molar-refractivity contribution < 1.29 is 14.4 Å². The summed E-state index contributed by atoms with van der Waals surface area (Å²) in [5.41, 5.74) is 3.24. The molecule has 0 aliphatic carbocycles. The molecule has 0 saturated carbocycles. The van der Waals surface area contributed by atoms with E-state index in [9.17, 15) is 4.55 Å². The topological polar surface area (TPSA) is 94.1 Å².